The van der Waals surface area contributed by atoms with E-state index in [9.17, 15) is 26.0 Å². The molecule has 0 aromatic heterocycles. The van der Waals surface area contributed by atoms with Gasteiger partial charge in [-0.05, 0) is 48.5 Å². The molecule has 0 fully saturated rings. The van der Waals surface area contributed by atoms with Gasteiger partial charge in [0.2, 0.25) is 15.9 Å². The monoisotopic (exact) mass is 519 g/mol. The summed E-state index contributed by atoms with van der Waals surface area (Å²) < 4.78 is 68.3. The third-order valence-corrected chi connectivity index (χ3v) is 9.06. The van der Waals surface area contributed by atoms with E-state index >= 15 is 0 Å². The van der Waals surface area contributed by atoms with Gasteiger partial charge in [-0.25, -0.2) is 21.2 Å². The van der Waals surface area contributed by atoms with Crippen molar-refractivity contribution in [1.82, 2.24) is 4.31 Å². The van der Waals surface area contributed by atoms with Crippen LogP contribution in [0.2, 0.25) is 0 Å². The molecule has 0 unspecified atom stereocenters. The molecule has 0 radical (unpaired) electrons. The lowest BCUT2D eigenvalue weighted by Gasteiger charge is -2.24. The van der Waals surface area contributed by atoms with Crippen LogP contribution in [0.4, 0.5) is 15.8 Å². The van der Waals surface area contributed by atoms with Gasteiger partial charge in [0.05, 0.1) is 15.5 Å². The number of hydrogen-bond acceptors (Lipinski definition) is 5. The van der Waals surface area contributed by atoms with Gasteiger partial charge in [0, 0.05) is 18.8 Å². The molecule has 3 rings (SSSR count). The highest BCUT2D eigenvalue weighted by Gasteiger charge is 2.29. The van der Waals surface area contributed by atoms with Gasteiger partial charge in [-0.3, -0.25) is 9.10 Å². The molecule has 186 valence electrons. The molecule has 0 aliphatic carbocycles. The maximum atomic E-state index is 14.5. The van der Waals surface area contributed by atoms with Gasteiger partial charge >= 0.3 is 0 Å². The summed E-state index contributed by atoms with van der Waals surface area (Å²) in [4.78, 5) is 12.8. The maximum absolute atomic E-state index is 14.5. The Balaban J connectivity index is 1.86. The summed E-state index contributed by atoms with van der Waals surface area (Å²) in [7, 11) is -7.92. The normalized spacial score (nSPS) is 11.9. The number of nitrogens with one attached hydrogen (secondary N) is 1. The first kappa shape index (κ1) is 26.3. The third-order valence-electron chi connectivity index (χ3n) is 5.22. The molecule has 0 bridgehead atoms. The van der Waals surface area contributed by atoms with E-state index < -0.39 is 38.3 Å². The predicted octanol–water partition coefficient (Wildman–Crippen LogP) is 3.69. The number of carbonyl (C=O) groups excluding carboxylic acids is 1. The maximum Gasteiger partial charge on any atom is 0.264 e. The predicted molar refractivity (Wildman–Crippen MR) is 133 cm³/mol. The number of carbonyl (C=O) groups is 1. The minimum Gasteiger partial charge on any atom is -0.325 e. The number of anilines is 2. The molecule has 0 saturated heterocycles. The lowest BCUT2D eigenvalue weighted by molar-refractivity contribution is -0.114. The summed E-state index contributed by atoms with van der Waals surface area (Å²) in [5, 5.41) is 2.55. The molecule has 3 aromatic rings. The lowest BCUT2D eigenvalue weighted by atomic mass is 10.3. The summed E-state index contributed by atoms with van der Waals surface area (Å²) in [5.41, 5.74) is -0.00810. The van der Waals surface area contributed by atoms with Crippen LogP contribution in [0, 0.1) is 5.82 Å². The second-order valence-corrected chi connectivity index (χ2v) is 11.2. The van der Waals surface area contributed by atoms with Crippen molar-refractivity contribution in [2.75, 3.05) is 29.3 Å². The average Bonchev–Trinajstić information content (AvgIpc) is 2.84. The minimum atomic E-state index is -4.26. The molecule has 0 aliphatic rings. The van der Waals surface area contributed by atoms with Crippen LogP contribution in [-0.2, 0) is 24.8 Å². The molecule has 8 nitrogen and oxygen atoms in total. The second-order valence-electron chi connectivity index (χ2n) is 7.44. The summed E-state index contributed by atoms with van der Waals surface area (Å²) in [6.45, 7) is 3.41. The molecular weight excluding hydrogens is 493 g/mol. The van der Waals surface area contributed by atoms with Gasteiger partial charge in [0.15, 0.2) is 0 Å². The van der Waals surface area contributed by atoms with Crippen molar-refractivity contribution in [3.05, 3.63) is 84.7 Å². The van der Waals surface area contributed by atoms with Gasteiger partial charge in [0.1, 0.15) is 12.4 Å². The zero-order chi connectivity index (χ0) is 25.6. The average molecular weight is 520 g/mol. The fraction of sp³-hybridized carbons (Fsp3) is 0.208. The van der Waals surface area contributed by atoms with E-state index in [0.717, 1.165) is 6.07 Å². The fourth-order valence-electron chi connectivity index (χ4n) is 3.43. The Hall–Kier alpha value is -3.28. The second kappa shape index (κ2) is 11.0. The van der Waals surface area contributed by atoms with E-state index in [2.05, 4.69) is 5.32 Å². The summed E-state index contributed by atoms with van der Waals surface area (Å²) in [6.07, 6.45) is 0. The SMILES string of the molecule is CCN(CC)S(=O)(=O)c1ccc(NC(=O)CN(c2ccccc2F)S(=O)(=O)c2ccccc2)cc1. The van der Waals surface area contributed by atoms with Crippen LogP contribution in [0.3, 0.4) is 0 Å². The van der Waals surface area contributed by atoms with Crippen molar-refractivity contribution in [3.8, 4) is 0 Å². The van der Waals surface area contributed by atoms with E-state index in [1.807, 2.05) is 0 Å². The van der Waals surface area contributed by atoms with Crippen molar-refractivity contribution < 1.29 is 26.0 Å². The molecule has 3 aromatic carbocycles. The van der Waals surface area contributed by atoms with Crippen molar-refractivity contribution in [2.24, 2.45) is 0 Å². The van der Waals surface area contributed by atoms with Crippen molar-refractivity contribution in [2.45, 2.75) is 23.6 Å². The van der Waals surface area contributed by atoms with E-state index in [1.54, 1.807) is 19.9 Å². The number of halogens is 1. The first-order chi connectivity index (χ1) is 16.6. The first-order valence-electron chi connectivity index (χ1n) is 10.8. The Kier molecular flexibility index (Phi) is 8.26. The lowest BCUT2D eigenvalue weighted by Crippen LogP contribution is -2.38. The fourth-order valence-corrected chi connectivity index (χ4v) is 6.33. The Morgan fingerprint density at radius 2 is 1.31 bits per heavy atom. The molecular formula is C24H26FN3O5S2. The van der Waals surface area contributed by atoms with E-state index in [0.29, 0.717) is 17.4 Å². The number of hydrogen-bond donors (Lipinski definition) is 1. The van der Waals surface area contributed by atoms with Gasteiger partial charge < -0.3 is 5.32 Å². The number of benzene rings is 3. The van der Waals surface area contributed by atoms with Crippen molar-refractivity contribution in [1.29, 1.82) is 0 Å². The van der Waals surface area contributed by atoms with E-state index in [1.165, 1.54) is 71.0 Å². The summed E-state index contributed by atoms with van der Waals surface area (Å²) in [6, 6.07) is 18.2. The summed E-state index contributed by atoms with van der Waals surface area (Å²) >= 11 is 0. The first-order valence-corrected chi connectivity index (χ1v) is 13.7. The molecule has 1 amide bonds. The summed E-state index contributed by atoms with van der Waals surface area (Å²) in [5.74, 6) is -1.53. The largest absolute Gasteiger partial charge is 0.325 e. The van der Waals surface area contributed by atoms with Gasteiger partial charge in [-0.2, -0.15) is 4.31 Å². The molecule has 0 saturated carbocycles. The van der Waals surface area contributed by atoms with Crippen molar-refractivity contribution >= 4 is 37.3 Å². The molecule has 0 atom stereocenters. The Labute approximate surface area is 205 Å². The number of nitrogens with zero attached hydrogens (tertiary/aromatic N) is 2. The highest BCUT2D eigenvalue weighted by atomic mass is 32.2. The molecule has 1 N–H and O–H groups in total. The number of para-hydroxylation sites is 1. The van der Waals surface area contributed by atoms with E-state index in [-0.39, 0.29) is 21.2 Å². The zero-order valence-corrected chi connectivity index (χ0v) is 20.9. The van der Waals surface area contributed by atoms with E-state index in [4.69, 9.17) is 0 Å². The zero-order valence-electron chi connectivity index (χ0n) is 19.3. The van der Waals surface area contributed by atoms with Crippen LogP contribution < -0.4 is 9.62 Å². The molecule has 0 heterocycles. The van der Waals surface area contributed by atoms with Gasteiger partial charge in [-0.1, -0.05) is 44.2 Å². The highest BCUT2D eigenvalue weighted by Crippen LogP contribution is 2.26. The van der Waals surface area contributed by atoms with Gasteiger partial charge in [-0.15, -0.1) is 0 Å². The van der Waals surface area contributed by atoms with Crippen LogP contribution in [0.15, 0.2) is 88.7 Å². The smallest absolute Gasteiger partial charge is 0.264 e. The van der Waals surface area contributed by atoms with Crippen LogP contribution >= 0.6 is 0 Å². The van der Waals surface area contributed by atoms with Gasteiger partial charge in [0.25, 0.3) is 10.0 Å². The Bertz CT molecular complexity index is 1380. The Morgan fingerprint density at radius 1 is 0.771 bits per heavy atom. The quantitative estimate of drug-likeness (QED) is 0.440. The van der Waals surface area contributed by atoms with Crippen LogP contribution in [0.25, 0.3) is 0 Å². The van der Waals surface area contributed by atoms with Crippen molar-refractivity contribution in [3.63, 3.8) is 0 Å². The molecule has 35 heavy (non-hydrogen) atoms. The number of sulfonamides is 2. The highest BCUT2D eigenvalue weighted by molar-refractivity contribution is 7.92. The van der Waals surface area contributed by atoms with Crippen LogP contribution in [0.5, 0.6) is 0 Å². The molecule has 11 heteroatoms. The molecule has 0 spiro atoms. The Morgan fingerprint density at radius 3 is 1.89 bits per heavy atom. The topological polar surface area (TPSA) is 104 Å². The number of rotatable bonds is 10. The van der Waals surface area contributed by atoms with Crippen LogP contribution in [-0.4, -0.2) is 46.7 Å². The third kappa shape index (κ3) is 5.87. The minimum absolute atomic E-state index is 0.0684. The molecule has 0 aliphatic heterocycles. The standard InChI is InChI=1S/C24H26FN3O5S2/c1-3-27(4-2)34(30,31)21-16-14-19(15-17-21)26-24(29)18-28(23-13-9-8-12-22(23)25)35(32,33)20-10-6-5-7-11-20/h5-17H,3-4,18H2,1-2H3,(H,26,29). The number of amides is 1. The van der Waals surface area contributed by atoms with Crippen LogP contribution in [0.1, 0.15) is 13.8 Å².